The molecule has 1 aliphatic carbocycles. The predicted octanol–water partition coefficient (Wildman–Crippen LogP) is 4.18. The van der Waals surface area contributed by atoms with Gasteiger partial charge in [-0.1, -0.05) is 44.5 Å². The zero-order valence-corrected chi connectivity index (χ0v) is 15.0. The van der Waals surface area contributed by atoms with Gasteiger partial charge in [0, 0.05) is 18.6 Å². The molecule has 0 radical (unpaired) electrons. The summed E-state index contributed by atoms with van der Waals surface area (Å²) in [7, 11) is 0. The number of aliphatic hydroxyl groups excluding tert-OH is 1. The molecule has 1 aliphatic rings. The van der Waals surface area contributed by atoms with Gasteiger partial charge in [0.2, 0.25) is 0 Å². The van der Waals surface area contributed by atoms with E-state index in [2.05, 4.69) is 31.7 Å². The van der Waals surface area contributed by atoms with E-state index in [1.165, 1.54) is 36.8 Å². The summed E-state index contributed by atoms with van der Waals surface area (Å²) in [5.74, 6) is 1.11. The van der Waals surface area contributed by atoms with Crippen molar-refractivity contribution in [2.75, 3.05) is 13.2 Å². The van der Waals surface area contributed by atoms with E-state index in [-0.39, 0.29) is 12.6 Å². The summed E-state index contributed by atoms with van der Waals surface area (Å²) < 4.78 is 5.28. The highest BCUT2D eigenvalue weighted by Gasteiger charge is 2.22. The summed E-state index contributed by atoms with van der Waals surface area (Å²) >= 11 is 0. The monoisotopic (exact) mass is 330 g/mol. The summed E-state index contributed by atoms with van der Waals surface area (Å²) in [6, 6.07) is 6.53. The van der Waals surface area contributed by atoms with Gasteiger partial charge in [-0.25, -0.2) is 4.79 Å². The second-order valence-corrected chi connectivity index (χ2v) is 7.13. The number of ether oxygens (including phenoxy) is 1. The molecule has 0 spiro atoms. The number of hydrogen-bond donors (Lipinski definition) is 1. The molecule has 24 heavy (non-hydrogen) atoms. The van der Waals surface area contributed by atoms with Crippen LogP contribution in [0.25, 0.3) is 0 Å². The van der Waals surface area contributed by atoms with Crippen molar-refractivity contribution in [3.05, 3.63) is 47.0 Å². The molecular formula is C21H30O3. The molecule has 0 amide bonds. The third kappa shape index (κ3) is 5.20. The normalized spacial score (nSPS) is 20.6. The quantitative estimate of drug-likeness (QED) is 0.603. The van der Waals surface area contributed by atoms with Crippen LogP contribution in [0.4, 0.5) is 0 Å². The van der Waals surface area contributed by atoms with Crippen LogP contribution in [0.5, 0.6) is 0 Å². The van der Waals surface area contributed by atoms with E-state index in [1.807, 2.05) is 0 Å². The van der Waals surface area contributed by atoms with Crippen molar-refractivity contribution in [2.24, 2.45) is 5.92 Å². The van der Waals surface area contributed by atoms with Gasteiger partial charge in [0.15, 0.2) is 0 Å². The lowest BCUT2D eigenvalue weighted by atomic mass is 9.77. The van der Waals surface area contributed by atoms with Gasteiger partial charge in [0.05, 0.1) is 6.61 Å². The summed E-state index contributed by atoms with van der Waals surface area (Å²) in [6.45, 7) is 8.15. The number of esters is 1. The first-order valence-electron chi connectivity index (χ1n) is 9.06. The van der Waals surface area contributed by atoms with Crippen molar-refractivity contribution >= 4 is 5.97 Å². The number of carbonyl (C=O) groups is 1. The largest absolute Gasteiger partial charge is 0.462 e. The van der Waals surface area contributed by atoms with Crippen LogP contribution < -0.4 is 0 Å². The van der Waals surface area contributed by atoms with Crippen molar-refractivity contribution in [2.45, 2.75) is 58.3 Å². The maximum atomic E-state index is 11.6. The molecule has 1 fully saturated rings. The lowest BCUT2D eigenvalue weighted by Gasteiger charge is -2.28. The average molecular weight is 330 g/mol. The molecule has 3 heteroatoms. The Bertz CT molecular complexity index is 568. The van der Waals surface area contributed by atoms with Gasteiger partial charge in [0.1, 0.15) is 0 Å². The van der Waals surface area contributed by atoms with Gasteiger partial charge in [0.25, 0.3) is 0 Å². The Labute approximate surface area is 145 Å². The average Bonchev–Trinajstić information content (AvgIpc) is 2.56. The number of benzene rings is 1. The van der Waals surface area contributed by atoms with E-state index in [0.29, 0.717) is 24.5 Å². The first-order valence-corrected chi connectivity index (χ1v) is 9.06. The van der Waals surface area contributed by atoms with E-state index in [0.717, 1.165) is 17.9 Å². The van der Waals surface area contributed by atoms with Crippen LogP contribution in [0.15, 0.2) is 30.4 Å². The third-order valence-corrected chi connectivity index (χ3v) is 5.02. The van der Waals surface area contributed by atoms with Crippen LogP contribution in [0.1, 0.15) is 62.1 Å². The molecule has 3 nitrogen and oxygen atoms in total. The lowest BCUT2D eigenvalue weighted by Crippen LogP contribution is -2.14. The van der Waals surface area contributed by atoms with Crippen molar-refractivity contribution in [1.82, 2.24) is 0 Å². The van der Waals surface area contributed by atoms with Crippen LogP contribution in [0, 0.1) is 5.92 Å². The Kier molecular flexibility index (Phi) is 7.04. The molecule has 0 saturated heterocycles. The Morgan fingerprint density at radius 3 is 2.58 bits per heavy atom. The minimum atomic E-state index is -0.324. The van der Waals surface area contributed by atoms with Gasteiger partial charge < -0.3 is 9.84 Å². The van der Waals surface area contributed by atoms with Gasteiger partial charge in [-0.2, -0.15) is 0 Å². The minimum Gasteiger partial charge on any atom is -0.462 e. The molecule has 0 atom stereocenters. The second-order valence-electron chi connectivity index (χ2n) is 7.13. The van der Waals surface area contributed by atoms with E-state index in [9.17, 15) is 9.90 Å². The summed E-state index contributed by atoms with van der Waals surface area (Å²) in [6.07, 6.45) is 6.43. The SMILES string of the molecule is C=C(C)C(=O)OCCc1cc(CCO)ccc1C1CCC(C)CC1. The molecule has 0 aliphatic heterocycles. The zero-order chi connectivity index (χ0) is 17.5. The van der Waals surface area contributed by atoms with Gasteiger partial charge in [-0.05, 0) is 54.7 Å². The highest BCUT2D eigenvalue weighted by atomic mass is 16.5. The van der Waals surface area contributed by atoms with E-state index in [1.54, 1.807) is 6.92 Å². The fourth-order valence-electron chi connectivity index (χ4n) is 3.51. The molecule has 132 valence electrons. The smallest absolute Gasteiger partial charge is 0.333 e. The lowest BCUT2D eigenvalue weighted by molar-refractivity contribution is -0.138. The maximum Gasteiger partial charge on any atom is 0.333 e. The van der Waals surface area contributed by atoms with E-state index >= 15 is 0 Å². The maximum absolute atomic E-state index is 11.6. The zero-order valence-electron chi connectivity index (χ0n) is 15.0. The Hall–Kier alpha value is -1.61. The molecule has 0 heterocycles. The van der Waals surface area contributed by atoms with Gasteiger partial charge >= 0.3 is 5.97 Å². The molecule has 0 bridgehead atoms. The predicted molar refractivity (Wildman–Crippen MR) is 97.1 cm³/mol. The number of rotatable bonds is 7. The Morgan fingerprint density at radius 1 is 1.25 bits per heavy atom. The highest BCUT2D eigenvalue weighted by Crippen LogP contribution is 2.37. The molecule has 1 saturated carbocycles. The first-order chi connectivity index (χ1) is 11.5. The standard InChI is InChI=1S/C21H30O3/c1-15(2)21(23)24-13-11-19-14-17(10-12-22)6-9-20(19)18-7-4-16(3)5-8-18/h6,9,14,16,18,22H,1,4-5,7-8,10-13H2,2-3H3. The van der Waals surface area contributed by atoms with Gasteiger partial charge in [-0.3, -0.25) is 0 Å². The number of carbonyl (C=O) groups excluding carboxylic acids is 1. The van der Waals surface area contributed by atoms with Crippen molar-refractivity contribution in [1.29, 1.82) is 0 Å². The molecule has 1 N–H and O–H groups in total. The molecule has 1 aromatic carbocycles. The van der Waals surface area contributed by atoms with E-state index in [4.69, 9.17) is 4.74 Å². The Morgan fingerprint density at radius 2 is 1.96 bits per heavy atom. The van der Waals surface area contributed by atoms with Crippen molar-refractivity contribution in [3.8, 4) is 0 Å². The Balaban J connectivity index is 2.10. The summed E-state index contributed by atoms with van der Waals surface area (Å²) in [5, 5.41) is 9.19. The van der Waals surface area contributed by atoms with Crippen molar-refractivity contribution in [3.63, 3.8) is 0 Å². The van der Waals surface area contributed by atoms with Crippen LogP contribution >= 0.6 is 0 Å². The van der Waals surface area contributed by atoms with E-state index < -0.39 is 0 Å². The van der Waals surface area contributed by atoms with Crippen LogP contribution in [0.2, 0.25) is 0 Å². The molecular weight excluding hydrogens is 300 g/mol. The molecule has 0 aromatic heterocycles. The first kappa shape index (κ1) is 18.7. The fraction of sp³-hybridized carbons (Fsp3) is 0.571. The minimum absolute atomic E-state index is 0.157. The fourth-order valence-corrected chi connectivity index (χ4v) is 3.51. The van der Waals surface area contributed by atoms with Gasteiger partial charge in [-0.15, -0.1) is 0 Å². The summed E-state index contributed by atoms with van der Waals surface area (Å²) in [5.41, 5.74) is 4.24. The van der Waals surface area contributed by atoms with Crippen LogP contribution in [-0.4, -0.2) is 24.3 Å². The van der Waals surface area contributed by atoms with Crippen LogP contribution in [0.3, 0.4) is 0 Å². The van der Waals surface area contributed by atoms with Crippen molar-refractivity contribution < 1.29 is 14.6 Å². The third-order valence-electron chi connectivity index (χ3n) is 5.02. The van der Waals surface area contributed by atoms with Crippen LogP contribution in [-0.2, 0) is 22.4 Å². The second kappa shape index (κ2) is 9.03. The summed E-state index contributed by atoms with van der Waals surface area (Å²) in [4.78, 5) is 11.6. The number of hydrogen-bond acceptors (Lipinski definition) is 3. The molecule has 1 aromatic rings. The number of aliphatic hydroxyl groups is 1. The topological polar surface area (TPSA) is 46.5 Å². The molecule has 0 unspecified atom stereocenters. The highest BCUT2D eigenvalue weighted by molar-refractivity contribution is 5.86. The molecule has 2 rings (SSSR count).